The Morgan fingerprint density at radius 1 is 1.67 bits per heavy atom. The molecular weight excluding hydrogens is 241 g/mol. The minimum Gasteiger partial charge on any atom is -0.468 e. The number of hydrogen-bond donors (Lipinski definition) is 1. The van der Waals surface area contributed by atoms with Gasteiger partial charge in [0.15, 0.2) is 0 Å². The van der Waals surface area contributed by atoms with Crippen molar-refractivity contribution in [3.05, 3.63) is 22.2 Å². The van der Waals surface area contributed by atoms with Crippen molar-refractivity contribution in [3.63, 3.8) is 0 Å². The molecule has 1 aromatic rings. The minimum absolute atomic E-state index is 0.0513. The van der Waals surface area contributed by atoms with E-state index < -0.39 is 12.0 Å². The summed E-state index contributed by atoms with van der Waals surface area (Å²) in [5, 5.41) is 0.241. The highest BCUT2D eigenvalue weighted by Crippen LogP contribution is 2.15. The average Bonchev–Trinajstić information content (AvgIpc) is 2.20. The fourth-order valence-electron chi connectivity index (χ4n) is 0.975. The number of carbonyl (C=O) groups excluding carboxylic acids is 1. The van der Waals surface area contributed by atoms with Crippen LogP contribution in [0.3, 0.4) is 0 Å². The first kappa shape index (κ1) is 12.2. The van der Waals surface area contributed by atoms with Gasteiger partial charge in [-0.25, -0.2) is 9.97 Å². The number of methoxy groups -OCH3 is 1. The Morgan fingerprint density at radius 3 is 2.87 bits per heavy atom. The van der Waals surface area contributed by atoms with Crippen LogP contribution in [0.15, 0.2) is 6.20 Å². The maximum absolute atomic E-state index is 11.0. The van der Waals surface area contributed by atoms with Gasteiger partial charge in [-0.05, 0) is 11.6 Å². The van der Waals surface area contributed by atoms with Crippen molar-refractivity contribution in [3.8, 4) is 0 Å². The van der Waals surface area contributed by atoms with Crippen molar-refractivity contribution in [2.24, 2.45) is 5.73 Å². The lowest BCUT2D eigenvalue weighted by Crippen LogP contribution is -2.33. The van der Waals surface area contributed by atoms with E-state index >= 15 is 0 Å². The van der Waals surface area contributed by atoms with E-state index in [0.29, 0.717) is 5.56 Å². The van der Waals surface area contributed by atoms with Gasteiger partial charge in [0.1, 0.15) is 11.2 Å². The molecule has 0 unspecified atom stereocenters. The van der Waals surface area contributed by atoms with Crippen molar-refractivity contribution < 1.29 is 9.53 Å². The number of rotatable bonds is 3. The van der Waals surface area contributed by atoms with Gasteiger partial charge in [-0.15, -0.1) is 0 Å². The van der Waals surface area contributed by atoms with Crippen molar-refractivity contribution in [1.82, 2.24) is 9.97 Å². The second-order valence-electron chi connectivity index (χ2n) is 2.79. The molecule has 1 aromatic heterocycles. The molecule has 82 valence electrons. The Bertz CT molecular complexity index is 373. The second kappa shape index (κ2) is 5.25. The summed E-state index contributed by atoms with van der Waals surface area (Å²) in [5.74, 6) is -0.513. The summed E-state index contributed by atoms with van der Waals surface area (Å²) in [6.45, 7) is 0. The van der Waals surface area contributed by atoms with Crippen molar-refractivity contribution in [1.29, 1.82) is 0 Å². The van der Waals surface area contributed by atoms with Gasteiger partial charge in [-0.1, -0.05) is 11.6 Å². The number of carbonyl (C=O) groups is 1. The summed E-state index contributed by atoms with van der Waals surface area (Å²) in [6, 6.07) is -0.780. The van der Waals surface area contributed by atoms with Crippen LogP contribution < -0.4 is 5.73 Å². The first-order valence-corrected chi connectivity index (χ1v) is 4.80. The van der Waals surface area contributed by atoms with Crippen molar-refractivity contribution in [2.45, 2.75) is 12.5 Å². The predicted molar refractivity (Wildman–Crippen MR) is 55.7 cm³/mol. The maximum atomic E-state index is 11.0. The number of esters is 1. The van der Waals surface area contributed by atoms with Crippen LogP contribution >= 0.6 is 23.2 Å². The van der Waals surface area contributed by atoms with E-state index in [1.165, 1.54) is 13.3 Å². The predicted octanol–water partition coefficient (Wildman–Crippen LogP) is 0.826. The molecule has 0 aliphatic heterocycles. The SMILES string of the molecule is COC(=O)[C@H](N)Cc1cnc(Cl)nc1Cl. The lowest BCUT2D eigenvalue weighted by molar-refractivity contribution is -0.142. The Morgan fingerprint density at radius 2 is 2.33 bits per heavy atom. The molecule has 0 fully saturated rings. The lowest BCUT2D eigenvalue weighted by atomic mass is 10.1. The van der Waals surface area contributed by atoms with Crippen LogP contribution in [0, 0.1) is 0 Å². The standard InChI is InChI=1S/C8H9Cl2N3O2/c1-15-7(14)5(11)2-4-3-12-8(10)13-6(4)9/h3,5H,2,11H2,1H3/t5-/m1/s1. The van der Waals surface area contributed by atoms with Crippen LogP contribution in [0.1, 0.15) is 5.56 Å². The monoisotopic (exact) mass is 249 g/mol. The zero-order valence-corrected chi connectivity index (χ0v) is 9.42. The first-order valence-electron chi connectivity index (χ1n) is 4.05. The summed E-state index contributed by atoms with van der Waals surface area (Å²) < 4.78 is 4.47. The molecule has 0 radical (unpaired) electrons. The van der Waals surface area contributed by atoms with Crippen LogP contribution in [-0.4, -0.2) is 29.1 Å². The molecular formula is C8H9Cl2N3O2. The number of nitrogens with zero attached hydrogens (tertiary/aromatic N) is 2. The Balaban J connectivity index is 2.76. The van der Waals surface area contributed by atoms with Gasteiger partial charge in [-0.2, -0.15) is 0 Å². The van der Waals surface area contributed by atoms with Gasteiger partial charge in [0.2, 0.25) is 5.28 Å². The first-order chi connectivity index (χ1) is 7.04. The zero-order valence-electron chi connectivity index (χ0n) is 7.91. The molecule has 0 aliphatic rings. The van der Waals surface area contributed by atoms with E-state index in [9.17, 15) is 4.79 Å². The molecule has 5 nitrogen and oxygen atoms in total. The van der Waals surface area contributed by atoms with Crippen molar-refractivity contribution in [2.75, 3.05) is 7.11 Å². The number of halogens is 2. The number of hydrogen-bond acceptors (Lipinski definition) is 5. The van der Waals surface area contributed by atoms with E-state index in [1.54, 1.807) is 0 Å². The highest BCUT2D eigenvalue weighted by atomic mass is 35.5. The topological polar surface area (TPSA) is 78.1 Å². The van der Waals surface area contributed by atoms with Crippen LogP contribution in [0.2, 0.25) is 10.4 Å². The molecule has 0 aliphatic carbocycles. The summed E-state index contributed by atoms with van der Waals surface area (Å²) in [4.78, 5) is 18.5. The Hall–Kier alpha value is -0.910. The van der Waals surface area contributed by atoms with Gasteiger partial charge >= 0.3 is 5.97 Å². The molecule has 0 amide bonds. The summed E-state index contributed by atoms with van der Waals surface area (Å²) in [5.41, 5.74) is 6.10. The van der Waals surface area contributed by atoms with Crippen LogP contribution in [0.4, 0.5) is 0 Å². The molecule has 1 atom stereocenters. The Kier molecular flexibility index (Phi) is 4.26. The van der Waals surface area contributed by atoms with Gasteiger partial charge in [0.25, 0.3) is 0 Å². The third kappa shape index (κ3) is 3.30. The van der Waals surface area contributed by atoms with Crippen LogP contribution in [0.25, 0.3) is 0 Å². The van der Waals surface area contributed by atoms with E-state index in [-0.39, 0.29) is 16.9 Å². The van der Waals surface area contributed by atoms with Crippen LogP contribution in [-0.2, 0) is 16.0 Å². The summed E-state index contributed by atoms with van der Waals surface area (Å²) in [6.07, 6.45) is 1.64. The average molecular weight is 250 g/mol. The van der Waals surface area contributed by atoms with E-state index in [0.717, 1.165) is 0 Å². The molecule has 1 heterocycles. The maximum Gasteiger partial charge on any atom is 0.322 e. The third-order valence-electron chi connectivity index (χ3n) is 1.73. The van der Waals surface area contributed by atoms with E-state index in [1.807, 2.05) is 0 Å². The summed E-state index contributed by atoms with van der Waals surface area (Å²) in [7, 11) is 1.27. The number of nitrogens with two attached hydrogens (primary N) is 1. The fraction of sp³-hybridized carbons (Fsp3) is 0.375. The number of ether oxygens (including phenoxy) is 1. The number of aromatic nitrogens is 2. The molecule has 7 heteroatoms. The van der Waals surface area contributed by atoms with Crippen LogP contribution in [0.5, 0.6) is 0 Å². The normalized spacial score (nSPS) is 12.3. The molecule has 0 bridgehead atoms. The molecule has 0 spiro atoms. The lowest BCUT2D eigenvalue weighted by Gasteiger charge is -2.09. The largest absolute Gasteiger partial charge is 0.468 e. The van der Waals surface area contributed by atoms with Gasteiger partial charge < -0.3 is 10.5 Å². The van der Waals surface area contributed by atoms with E-state index in [4.69, 9.17) is 28.9 Å². The molecule has 0 aromatic carbocycles. The third-order valence-corrected chi connectivity index (χ3v) is 2.24. The van der Waals surface area contributed by atoms with Gasteiger partial charge in [-0.3, -0.25) is 4.79 Å². The van der Waals surface area contributed by atoms with E-state index in [2.05, 4.69) is 14.7 Å². The zero-order chi connectivity index (χ0) is 11.4. The highest BCUT2D eigenvalue weighted by Gasteiger charge is 2.16. The highest BCUT2D eigenvalue weighted by molar-refractivity contribution is 6.32. The second-order valence-corrected chi connectivity index (χ2v) is 3.48. The Labute approximate surface area is 96.6 Å². The van der Waals surface area contributed by atoms with Gasteiger partial charge in [0.05, 0.1) is 7.11 Å². The molecule has 15 heavy (non-hydrogen) atoms. The van der Waals surface area contributed by atoms with Gasteiger partial charge in [0, 0.05) is 18.2 Å². The molecule has 0 saturated heterocycles. The summed E-state index contributed by atoms with van der Waals surface area (Å²) >= 11 is 11.3. The minimum atomic E-state index is -0.780. The quantitative estimate of drug-likeness (QED) is 0.488. The molecule has 0 saturated carbocycles. The molecule has 2 N–H and O–H groups in total. The fourth-order valence-corrected chi connectivity index (χ4v) is 1.36. The smallest absolute Gasteiger partial charge is 0.322 e. The molecule has 1 rings (SSSR count). The van der Waals surface area contributed by atoms with Crippen molar-refractivity contribution >= 4 is 29.2 Å².